The van der Waals surface area contributed by atoms with E-state index in [1.54, 1.807) is 24.4 Å². The van der Waals surface area contributed by atoms with E-state index in [4.69, 9.17) is 0 Å². The summed E-state index contributed by atoms with van der Waals surface area (Å²) in [5, 5.41) is 2.73. The highest BCUT2D eigenvalue weighted by atomic mass is 79.9. The number of hydrogen-bond acceptors (Lipinski definition) is 2. The second-order valence-corrected chi connectivity index (χ2v) is 3.78. The Morgan fingerprint density at radius 2 is 2.43 bits per heavy atom. The summed E-state index contributed by atoms with van der Waals surface area (Å²) in [5.74, 6) is -0.190. The van der Waals surface area contributed by atoms with Crippen molar-refractivity contribution in [1.29, 1.82) is 0 Å². The number of carbonyl (C=O) groups excluding carboxylic acids is 1. The molecule has 0 bridgehead atoms. The molecule has 0 saturated carbocycles. The van der Waals surface area contributed by atoms with Crippen molar-refractivity contribution < 1.29 is 4.79 Å². The SMILES string of the molecule is C=CC(C)NC(=O)c1ccc(Br)cn1. The Balaban J connectivity index is 2.70. The van der Waals surface area contributed by atoms with Crippen LogP contribution in [0.3, 0.4) is 0 Å². The summed E-state index contributed by atoms with van der Waals surface area (Å²) in [6.07, 6.45) is 3.25. The molecule has 14 heavy (non-hydrogen) atoms. The molecule has 0 aliphatic carbocycles. The van der Waals surface area contributed by atoms with Crippen molar-refractivity contribution >= 4 is 21.8 Å². The van der Waals surface area contributed by atoms with Crippen LogP contribution in [-0.4, -0.2) is 16.9 Å². The summed E-state index contributed by atoms with van der Waals surface area (Å²) in [5.41, 5.74) is 0.405. The van der Waals surface area contributed by atoms with Crippen LogP contribution in [0.25, 0.3) is 0 Å². The fourth-order valence-corrected chi connectivity index (χ4v) is 1.08. The van der Waals surface area contributed by atoms with Gasteiger partial charge < -0.3 is 5.32 Å². The van der Waals surface area contributed by atoms with E-state index in [2.05, 4.69) is 32.8 Å². The second-order valence-electron chi connectivity index (χ2n) is 2.86. The second kappa shape index (κ2) is 4.91. The van der Waals surface area contributed by atoms with Gasteiger partial charge in [-0.3, -0.25) is 4.79 Å². The van der Waals surface area contributed by atoms with Gasteiger partial charge >= 0.3 is 0 Å². The average Bonchev–Trinajstić information content (AvgIpc) is 2.18. The van der Waals surface area contributed by atoms with E-state index in [0.717, 1.165) is 4.47 Å². The first-order chi connectivity index (χ1) is 6.63. The zero-order valence-corrected chi connectivity index (χ0v) is 9.41. The Kier molecular flexibility index (Phi) is 3.83. The Labute approximate surface area is 91.4 Å². The molecule has 1 N–H and O–H groups in total. The Morgan fingerprint density at radius 1 is 1.71 bits per heavy atom. The van der Waals surface area contributed by atoms with Crippen LogP contribution in [0.15, 0.2) is 35.5 Å². The van der Waals surface area contributed by atoms with Crippen LogP contribution in [0, 0.1) is 0 Å². The molecular formula is C10H11BrN2O. The summed E-state index contributed by atoms with van der Waals surface area (Å²) in [4.78, 5) is 15.5. The minimum absolute atomic E-state index is 0.0482. The number of hydrogen-bond donors (Lipinski definition) is 1. The first-order valence-corrected chi connectivity index (χ1v) is 4.97. The van der Waals surface area contributed by atoms with Crippen molar-refractivity contribution in [3.05, 3.63) is 41.2 Å². The third kappa shape index (κ3) is 2.96. The standard InChI is InChI=1S/C10H11BrN2O/c1-3-7(2)13-10(14)9-5-4-8(11)6-12-9/h3-7H,1H2,2H3,(H,13,14). The molecule has 1 atom stereocenters. The third-order valence-corrected chi connectivity index (χ3v) is 2.14. The van der Waals surface area contributed by atoms with Crippen LogP contribution in [-0.2, 0) is 0 Å². The van der Waals surface area contributed by atoms with E-state index < -0.39 is 0 Å². The minimum atomic E-state index is -0.190. The Bertz CT molecular complexity index is 334. The average molecular weight is 255 g/mol. The van der Waals surface area contributed by atoms with E-state index in [9.17, 15) is 4.79 Å². The molecule has 0 aromatic carbocycles. The van der Waals surface area contributed by atoms with Gasteiger partial charge in [-0.25, -0.2) is 4.98 Å². The molecule has 1 aromatic heterocycles. The van der Waals surface area contributed by atoms with E-state index >= 15 is 0 Å². The van der Waals surface area contributed by atoms with Gasteiger partial charge in [0.15, 0.2) is 0 Å². The van der Waals surface area contributed by atoms with Crippen LogP contribution in [0.4, 0.5) is 0 Å². The van der Waals surface area contributed by atoms with Crippen LogP contribution in [0.5, 0.6) is 0 Å². The van der Waals surface area contributed by atoms with Crippen LogP contribution < -0.4 is 5.32 Å². The van der Waals surface area contributed by atoms with Gasteiger partial charge in [-0.05, 0) is 35.0 Å². The first kappa shape index (κ1) is 10.9. The molecule has 1 rings (SSSR count). The highest BCUT2D eigenvalue weighted by Gasteiger charge is 2.07. The lowest BCUT2D eigenvalue weighted by Gasteiger charge is -2.08. The first-order valence-electron chi connectivity index (χ1n) is 4.18. The van der Waals surface area contributed by atoms with Crippen molar-refractivity contribution in [2.24, 2.45) is 0 Å². The number of amides is 1. The largest absolute Gasteiger partial charge is 0.345 e. The van der Waals surface area contributed by atoms with Gasteiger partial charge in [0.25, 0.3) is 5.91 Å². The van der Waals surface area contributed by atoms with Gasteiger partial charge in [-0.1, -0.05) is 6.08 Å². The van der Waals surface area contributed by atoms with Gasteiger partial charge in [0, 0.05) is 16.7 Å². The molecule has 0 fully saturated rings. The fraction of sp³-hybridized carbons (Fsp3) is 0.200. The summed E-state index contributed by atoms with van der Waals surface area (Å²) >= 11 is 3.25. The number of aromatic nitrogens is 1. The third-order valence-electron chi connectivity index (χ3n) is 1.67. The predicted octanol–water partition coefficient (Wildman–Crippen LogP) is 2.15. The topological polar surface area (TPSA) is 42.0 Å². The Morgan fingerprint density at radius 3 is 2.93 bits per heavy atom. The molecule has 0 aliphatic heterocycles. The van der Waals surface area contributed by atoms with Gasteiger partial charge in [-0.2, -0.15) is 0 Å². The smallest absolute Gasteiger partial charge is 0.270 e. The zero-order valence-electron chi connectivity index (χ0n) is 7.83. The molecule has 1 unspecified atom stereocenters. The maximum atomic E-state index is 11.5. The molecule has 74 valence electrons. The van der Waals surface area contributed by atoms with Gasteiger partial charge in [0.05, 0.1) is 0 Å². The van der Waals surface area contributed by atoms with Gasteiger partial charge in [-0.15, -0.1) is 6.58 Å². The Hall–Kier alpha value is -1.16. The highest BCUT2D eigenvalue weighted by Crippen LogP contribution is 2.07. The number of nitrogens with one attached hydrogen (secondary N) is 1. The van der Waals surface area contributed by atoms with Crippen molar-refractivity contribution in [2.45, 2.75) is 13.0 Å². The molecule has 1 heterocycles. The number of pyridine rings is 1. The molecule has 0 aliphatic rings. The summed E-state index contributed by atoms with van der Waals surface area (Å²) in [6, 6.07) is 3.39. The molecule has 4 heteroatoms. The van der Waals surface area contributed by atoms with E-state index in [1.807, 2.05) is 6.92 Å². The van der Waals surface area contributed by atoms with Gasteiger partial charge in [0.1, 0.15) is 5.69 Å². The predicted molar refractivity (Wildman–Crippen MR) is 59.1 cm³/mol. The molecule has 1 amide bonds. The van der Waals surface area contributed by atoms with Crippen molar-refractivity contribution in [3.8, 4) is 0 Å². The number of nitrogens with zero attached hydrogens (tertiary/aromatic N) is 1. The van der Waals surface area contributed by atoms with Crippen molar-refractivity contribution in [2.75, 3.05) is 0 Å². The highest BCUT2D eigenvalue weighted by molar-refractivity contribution is 9.10. The number of carbonyl (C=O) groups is 1. The summed E-state index contributed by atoms with van der Waals surface area (Å²) in [6.45, 7) is 5.43. The number of halogens is 1. The van der Waals surface area contributed by atoms with E-state index in [1.165, 1.54) is 0 Å². The van der Waals surface area contributed by atoms with Gasteiger partial charge in [0.2, 0.25) is 0 Å². The summed E-state index contributed by atoms with van der Waals surface area (Å²) in [7, 11) is 0. The van der Waals surface area contributed by atoms with Crippen LogP contribution in [0.1, 0.15) is 17.4 Å². The maximum Gasteiger partial charge on any atom is 0.270 e. The van der Waals surface area contributed by atoms with Crippen molar-refractivity contribution in [1.82, 2.24) is 10.3 Å². The monoisotopic (exact) mass is 254 g/mol. The molecule has 3 nitrogen and oxygen atoms in total. The molecular weight excluding hydrogens is 244 g/mol. The minimum Gasteiger partial charge on any atom is -0.345 e. The van der Waals surface area contributed by atoms with E-state index in [-0.39, 0.29) is 11.9 Å². The normalized spacial score (nSPS) is 11.9. The molecule has 1 aromatic rings. The number of rotatable bonds is 3. The van der Waals surface area contributed by atoms with E-state index in [0.29, 0.717) is 5.69 Å². The fourth-order valence-electron chi connectivity index (χ4n) is 0.850. The quantitative estimate of drug-likeness (QED) is 0.841. The lowest BCUT2D eigenvalue weighted by Crippen LogP contribution is -2.31. The lowest BCUT2D eigenvalue weighted by atomic mass is 10.3. The molecule has 0 saturated heterocycles. The van der Waals surface area contributed by atoms with Crippen LogP contribution in [0.2, 0.25) is 0 Å². The lowest BCUT2D eigenvalue weighted by molar-refractivity contribution is 0.0942. The summed E-state index contributed by atoms with van der Waals surface area (Å²) < 4.78 is 0.853. The molecule has 0 spiro atoms. The molecule has 0 radical (unpaired) electrons. The van der Waals surface area contributed by atoms with Crippen molar-refractivity contribution in [3.63, 3.8) is 0 Å². The zero-order chi connectivity index (χ0) is 10.6. The maximum absolute atomic E-state index is 11.5. The van der Waals surface area contributed by atoms with Crippen LogP contribution >= 0.6 is 15.9 Å².